The first-order chi connectivity index (χ1) is 9.91. The van der Waals surface area contributed by atoms with Crippen LogP contribution in [0.2, 0.25) is 0 Å². The van der Waals surface area contributed by atoms with Crippen LogP contribution in [0.4, 0.5) is 0 Å². The van der Waals surface area contributed by atoms with Crippen LogP contribution < -0.4 is 0 Å². The lowest BCUT2D eigenvalue weighted by Gasteiger charge is -2.34. The fourth-order valence-corrected chi connectivity index (χ4v) is 3.45. The summed E-state index contributed by atoms with van der Waals surface area (Å²) in [5.41, 5.74) is 0.538. The smallest absolute Gasteiger partial charge is 0.253 e. The Morgan fingerprint density at radius 3 is 2.19 bits per heavy atom. The minimum Gasteiger partial charge on any atom is -0.336 e. The fourth-order valence-electron chi connectivity index (χ4n) is 2.32. The van der Waals surface area contributed by atoms with Crippen molar-refractivity contribution in [3.05, 3.63) is 29.8 Å². The lowest BCUT2D eigenvalue weighted by atomic mass is 10.2. The molecule has 21 heavy (non-hydrogen) atoms. The molecule has 1 saturated heterocycles. The average molecular weight is 375 g/mol. The van der Waals surface area contributed by atoms with Gasteiger partial charge in [-0.05, 0) is 24.3 Å². The van der Waals surface area contributed by atoms with Crippen LogP contribution in [0.1, 0.15) is 10.4 Å². The van der Waals surface area contributed by atoms with E-state index in [0.717, 1.165) is 31.2 Å². The second kappa shape index (κ2) is 6.89. The highest BCUT2D eigenvalue weighted by atomic mass is 79.9. The zero-order chi connectivity index (χ0) is 15.5. The Morgan fingerprint density at radius 1 is 1.14 bits per heavy atom. The van der Waals surface area contributed by atoms with Gasteiger partial charge >= 0.3 is 0 Å². The standard InChI is InChI=1S/C14H19BrN2O3S/c1-21(19,20)13-4-2-12(3-5-13)14(18)17-10-8-16(7-6-15)9-11-17/h2-5H,6-11H2,1H3. The quantitative estimate of drug-likeness (QED) is 0.744. The molecule has 0 radical (unpaired) electrons. The summed E-state index contributed by atoms with van der Waals surface area (Å²) >= 11 is 3.42. The number of halogens is 1. The maximum absolute atomic E-state index is 12.4. The van der Waals surface area contributed by atoms with Crippen LogP contribution in [0.5, 0.6) is 0 Å². The SMILES string of the molecule is CS(=O)(=O)c1ccc(C(=O)N2CCN(CCBr)CC2)cc1. The topological polar surface area (TPSA) is 57.7 Å². The Morgan fingerprint density at radius 2 is 1.71 bits per heavy atom. The van der Waals surface area contributed by atoms with E-state index in [1.165, 1.54) is 12.1 Å². The van der Waals surface area contributed by atoms with Crippen LogP contribution in [0, 0.1) is 0 Å². The van der Waals surface area contributed by atoms with Crippen LogP contribution in [0.25, 0.3) is 0 Å². The van der Waals surface area contributed by atoms with E-state index < -0.39 is 9.84 Å². The molecule has 0 spiro atoms. The van der Waals surface area contributed by atoms with Gasteiger partial charge in [-0.15, -0.1) is 0 Å². The number of carbonyl (C=O) groups excluding carboxylic acids is 1. The van der Waals surface area contributed by atoms with Crippen molar-refractivity contribution in [3.8, 4) is 0 Å². The second-order valence-electron chi connectivity index (χ2n) is 5.12. The summed E-state index contributed by atoms with van der Waals surface area (Å²) in [6, 6.07) is 6.15. The first kappa shape index (κ1) is 16.5. The van der Waals surface area contributed by atoms with Gasteiger partial charge < -0.3 is 4.90 Å². The minimum absolute atomic E-state index is 0.0338. The van der Waals surface area contributed by atoms with E-state index in [9.17, 15) is 13.2 Å². The van der Waals surface area contributed by atoms with Gasteiger partial charge in [-0.1, -0.05) is 15.9 Å². The first-order valence-corrected chi connectivity index (χ1v) is 9.81. The third-order valence-corrected chi connectivity index (χ3v) is 5.07. The van der Waals surface area contributed by atoms with Gasteiger partial charge in [0.1, 0.15) is 0 Å². The Kier molecular flexibility index (Phi) is 5.40. The normalized spacial score (nSPS) is 17.0. The van der Waals surface area contributed by atoms with Gasteiger partial charge in [0.25, 0.3) is 5.91 Å². The van der Waals surface area contributed by atoms with Crippen molar-refractivity contribution < 1.29 is 13.2 Å². The number of rotatable bonds is 4. The number of hydrogen-bond donors (Lipinski definition) is 0. The number of hydrogen-bond acceptors (Lipinski definition) is 4. The van der Waals surface area contributed by atoms with Gasteiger partial charge in [0.15, 0.2) is 9.84 Å². The predicted octanol–water partition coefficient (Wildman–Crippen LogP) is 1.24. The molecule has 116 valence electrons. The average Bonchev–Trinajstić information content (AvgIpc) is 2.47. The highest BCUT2D eigenvalue weighted by molar-refractivity contribution is 9.09. The lowest BCUT2D eigenvalue weighted by Crippen LogP contribution is -2.49. The van der Waals surface area contributed by atoms with E-state index in [-0.39, 0.29) is 10.8 Å². The zero-order valence-electron chi connectivity index (χ0n) is 12.0. The van der Waals surface area contributed by atoms with Gasteiger partial charge in [-0.2, -0.15) is 0 Å². The molecule has 0 N–H and O–H groups in total. The third kappa shape index (κ3) is 4.28. The van der Waals surface area contributed by atoms with Crippen LogP contribution in [0.15, 0.2) is 29.2 Å². The predicted molar refractivity (Wildman–Crippen MR) is 85.7 cm³/mol. The Labute approximate surface area is 134 Å². The molecule has 0 aromatic heterocycles. The van der Waals surface area contributed by atoms with E-state index >= 15 is 0 Å². The van der Waals surface area contributed by atoms with E-state index in [0.29, 0.717) is 18.7 Å². The molecule has 2 rings (SSSR count). The molecule has 7 heteroatoms. The van der Waals surface area contributed by atoms with Crippen LogP contribution >= 0.6 is 15.9 Å². The minimum atomic E-state index is -3.22. The molecule has 1 fully saturated rings. The van der Waals surface area contributed by atoms with Crippen molar-refractivity contribution in [2.45, 2.75) is 4.90 Å². The van der Waals surface area contributed by atoms with E-state index in [2.05, 4.69) is 20.8 Å². The molecule has 1 amide bonds. The number of nitrogens with zero attached hydrogens (tertiary/aromatic N) is 2. The molecule has 0 bridgehead atoms. The van der Waals surface area contributed by atoms with Gasteiger partial charge in [0, 0.05) is 49.9 Å². The maximum atomic E-state index is 12.4. The molecule has 5 nitrogen and oxygen atoms in total. The first-order valence-electron chi connectivity index (χ1n) is 6.79. The molecule has 1 aliphatic heterocycles. The number of carbonyl (C=O) groups is 1. The molecule has 0 unspecified atom stereocenters. The van der Waals surface area contributed by atoms with Crippen LogP contribution in [-0.4, -0.2) is 68.4 Å². The number of piperazine rings is 1. The number of alkyl halides is 1. The monoisotopic (exact) mass is 374 g/mol. The molecular weight excluding hydrogens is 356 g/mol. The second-order valence-corrected chi connectivity index (χ2v) is 7.93. The fraction of sp³-hybridized carbons (Fsp3) is 0.500. The van der Waals surface area contributed by atoms with E-state index in [1.54, 1.807) is 12.1 Å². The summed E-state index contributed by atoms with van der Waals surface area (Å²) < 4.78 is 22.8. The molecule has 0 aliphatic carbocycles. The molecule has 0 atom stereocenters. The van der Waals surface area contributed by atoms with Crippen molar-refractivity contribution in [1.82, 2.24) is 9.80 Å². The van der Waals surface area contributed by atoms with Crippen molar-refractivity contribution in [2.75, 3.05) is 44.3 Å². The van der Waals surface area contributed by atoms with Crippen molar-refractivity contribution in [3.63, 3.8) is 0 Å². The molecule has 1 heterocycles. The number of sulfone groups is 1. The van der Waals surface area contributed by atoms with E-state index in [1.807, 2.05) is 4.90 Å². The Hall–Kier alpha value is -0.920. The summed E-state index contributed by atoms with van der Waals surface area (Å²) in [5, 5.41) is 0.938. The largest absolute Gasteiger partial charge is 0.336 e. The van der Waals surface area contributed by atoms with Gasteiger partial charge in [0.05, 0.1) is 4.90 Å². The van der Waals surface area contributed by atoms with Crippen LogP contribution in [0.3, 0.4) is 0 Å². The number of benzene rings is 1. The highest BCUT2D eigenvalue weighted by Crippen LogP contribution is 2.13. The van der Waals surface area contributed by atoms with E-state index in [4.69, 9.17) is 0 Å². The van der Waals surface area contributed by atoms with Crippen molar-refractivity contribution in [1.29, 1.82) is 0 Å². The molecule has 0 saturated carbocycles. The van der Waals surface area contributed by atoms with Gasteiger partial charge in [-0.25, -0.2) is 8.42 Å². The lowest BCUT2D eigenvalue weighted by molar-refractivity contribution is 0.0645. The number of amides is 1. The van der Waals surface area contributed by atoms with Gasteiger partial charge in [0.2, 0.25) is 0 Å². The summed E-state index contributed by atoms with van der Waals surface area (Å²) in [6.45, 7) is 4.15. The molecular formula is C14H19BrN2O3S. The summed E-state index contributed by atoms with van der Waals surface area (Å²) in [7, 11) is -3.22. The maximum Gasteiger partial charge on any atom is 0.253 e. The van der Waals surface area contributed by atoms with Gasteiger partial charge in [-0.3, -0.25) is 9.69 Å². The molecule has 1 aromatic carbocycles. The zero-order valence-corrected chi connectivity index (χ0v) is 14.4. The summed E-state index contributed by atoms with van der Waals surface area (Å²) in [4.78, 5) is 16.7. The molecule has 1 aliphatic rings. The van der Waals surface area contributed by atoms with Crippen LogP contribution in [-0.2, 0) is 9.84 Å². The Balaban J connectivity index is 2.01. The summed E-state index contributed by atoms with van der Waals surface area (Å²) in [6.07, 6.45) is 1.16. The van der Waals surface area contributed by atoms with Crippen molar-refractivity contribution >= 4 is 31.7 Å². The highest BCUT2D eigenvalue weighted by Gasteiger charge is 2.21. The molecule has 1 aromatic rings. The third-order valence-electron chi connectivity index (χ3n) is 3.59. The van der Waals surface area contributed by atoms with Crippen molar-refractivity contribution in [2.24, 2.45) is 0 Å². The Bertz CT molecular complexity index is 593. The summed E-state index contributed by atoms with van der Waals surface area (Å²) in [5.74, 6) is -0.0338.